The highest BCUT2D eigenvalue weighted by Gasteiger charge is 2.36. The summed E-state index contributed by atoms with van der Waals surface area (Å²) in [6, 6.07) is 43.8. The summed E-state index contributed by atoms with van der Waals surface area (Å²) in [5, 5.41) is 2.38. The largest absolute Gasteiger partial charge is 0.308 e. The third-order valence-electron chi connectivity index (χ3n) is 8.66. The molecule has 6 aromatic carbocycles. The molecule has 1 aromatic heterocycles. The Balaban J connectivity index is 1.30. The van der Waals surface area contributed by atoms with E-state index < -0.39 is 0 Å². The molecule has 0 unspecified atom stereocenters. The van der Waals surface area contributed by atoms with Gasteiger partial charge in [0.2, 0.25) is 0 Å². The van der Waals surface area contributed by atoms with Gasteiger partial charge in [-0.05, 0) is 66.0 Å². The van der Waals surface area contributed by atoms with Gasteiger partial charge in [0.05, 0.1) is 45.5 Å². The molecule has 0 spiro atoms. The first-order valence-electron chi connectivity index (χ1n) is 14.6. The van der Waals surface area contributed by atoms with E-state index in [1.165, 1.54) is 53.1 Å². The summed E-state index contributed by atoms with van der Waals surface area (Å²) in [5.41, 5.74) is 11.1. The van der Waals surface area contributed by atoms with E-state index in [1.807, 2.05) is 35.9 Å². The third-order valence-corrected chi connectivity index (χ3v) is 10.9. The second-order valence-corrected chi connectivity index (χ2v) is 13.2. The fourth-order valence-corrected chi connectivity index (χ4v) is 9.00. The van der Waals surface area contributed by atoms with Gasteiger partial charge in [-0.3, -0.25) is 9.97 Å². The highest BCUT2D eigenvalue weighted by atomic mass is 32.2. The Morgan fingerprint density at radius 3 is 1.14 bits per heavy atom. The summed E-state index contributed by atoms with van der Waals surface area (Å²) in [7, 11) is 0. The van der Waals surface area contributed by atoms with Crippen molar-refractivity contribution in [1.29, 1.82) is 0 Å². The minimum Gasteiger partial charge on any atom is -0.308 e. The number of fused-ring (bicyclic) bond motifs is 7. The van der Waals surface area contributed by atoms with Gasteiger partial charge in [-0.25, -0.2) is 0 Å². The number of hydrogen-bond donors (Lipinski definition) is 0. The van der Waals surface area contributed by atoms with Crippen molar-refractivity contribution in [2.24, 2.45) is 0 Å². The van der Waals surface area contributed by atoms with Gasteiger partial charge in [-0.1, -0.05) is 84.2 Å². The van der Waals surface area contributed by atoms with Crippen LogP contribution in [0.5, 0.6) is 0 Å². The number of benzene rings is 6. The van der Waals surface area contributed by atoms with E-state index in [0.717, 1.165) is 33.9 Å². The zero-order chi connectivity index (χ0) is 28.8. The zero-order valence-electron chi connectivity index (χ0n) is 23.3. The number of hydrogen-bond acceptors (Lipinski definition) is 6. The molecule has 44 heavy (non-hydrogen) atoms. The van der Waals surface area contributed by atoms with E-state index in [-0.39, 0.29) is 0 Å². The Morgan fingerprint density at radius 1 is 0.386 bits per heavy atom. The Morgan fingerprint density at radius 2 is 0.750 bits per heavy atom. The fraction of sp³-hybridized carbons (Fsp3) is 0. The van der Waals surface area contributed by atoms with Crippen LogP contribution in [0.2, 0.25) is 0 Å². The summed E-state index contributed by atoms with van der Waals surface area (Å²) in [6.45, 7) is 0. The first kappa shape index (κ1) is 24.4. The Bertz CT molecular complexity index is 2080. The van der Waals surface area contributed by atoms with Crippen LogP contribution in [0.15, 0.2) is 153 Å². The average Bonchev–Trinajstić information content (AvgIpc) is 3.43. The number of rotatable bonds is 2. The molecule has 2 aliphatic heterocycles. The molecule has 4 nitrogen and oxygen atoms in total. The standard InChI is InChI=1S/C38H22N4S2/c1-5-13-30-24(9-1)41(25-10-2-6-14-31(25)43-30)28-19-17-23-18-20-29(36-34(23)35(28)37-38(36)40-22-21-39-37)42-26-11-3-7-15-32(26)44-33-16-8-4-12-27(33)42/h1-22H. The molecule has 0 saturated heterocycles. The monoisotopic (exact) mass is 598 g/mol. The molecule has 0 atom stereocenters. The van der Waals surface area contributed by atoms with E-state index in [2.05, 4.69) is 131 Å². The lowest BCUT2D eigenvalue weighted by Crippen LogP contribution is -2.16. The lowest BCUT2D eigenvalue weighted by Gasteiger charge is -2.34. The van der Waals surface area contributed by atoms with Crippen LogP contribution in [0.4, 0.5) is 34.1 Å². The summed E-state index contributed by atoms with van der Waals surface area (Å²) >= 11 is 3.65. The van der Waals surface area contributed by atoms with Crippen molar-refractivity contribution in [3.8, 4) is 22.5 Å². The molecule has 0 N–H and O–H groups in total. The Kier molecular flexibility index (Phi) is 5.12. The second-order valence-electron chi connectivity index (χ2n) is 11.0. The molecule has 7 aromatic rings. The van der Waals surface area contributed by atoms with Crippen molar-refractivity contribution < 1.29 is 0 Å². The summed E-state index contributed by atoms with van der Waals surface area (Å²) in [5.74, 6) is 0. The number of anilines is 6. The van der Waals surface area contributed by atoms with Crippen LogP contribution < -0.4 is 9.80 Å². The van der Waals surface area contributed by atoms with Crippen molar-refractivity contribution in [2.75, 3.05) is 9.80 Å². The molecule has 3 heterocycles. The number of para-hydroxylation sites is 4. The van der Waals surface area contributed by atoms with Gasteiger partial charge < -0.3 is 9.80 Å². The van der Waals surface area contributed by atoms with E-state index in [1.54, 1.807) is 0 Å². The quantitative estimate of drug-likeness (QED) is 0.197. The fourth-order valence-electron chi connectivity index (χ4n) is 6.88. The number of aromatic nitrogens is 2. The van der Waals surface area contributed by atoms with Crippen LogP contribution in [0.1, 0.15) is 0 Å². The molecule has 10 rings (SSSR count). The maximum atomic E-state index is 5.02. The predicted molar refractivity (Wildman–Crippen MR) is 182 cm³/mol. The molecule has 6 heteroatoms. The summed E-state index contributed by atoms with van der Waals surface area (Å²) in [4.78, 5) is 19.8. The molecule has 206 valence electrons. The van der Waals surface area contributed by atoms with E-state index >= 15 is 0 Å². The molecular formula is C38H22N4S2. The Hall–Kier alpha value is -5.04. The van der Waals surface area contributed by atoms with Crippen molar-refractivity contribution in [2.45, 2.75) is 19.6 Å². The smallest absolute Gasteiger partial charge is 0.0993 e. The van der Waals surface area contributed by atoms with Gasteiger partial charge in [0.15, 0.2) is 0 Å². The normalized spacial score (nSPS) is 13.6. The average molecular weight is 599 g/mol. The second kappa shape index (κ2) is 9.23. The van der Waals surface area contributed by atoms with Gasteiger partial charge >= 0.3 is 0 Å². The lowest BCUT2D eigenvalue weighted by atomic mass is 9.98. The molecule has 0 bridgehead atoms. The first-order chi connectivity index (χ1) is 21.8. The highest BCUT2D eigenvalue weighted by Crippen LogP contribution is 2.60. The van der Waals surface area contributed by atoms with Gasteiger partial charge in [0, 0.05) is 48.5 Å². The van der Waals surface area contributed by atoms with Gasteiger partial charge in [0.1, 0.15) is 0 Å². The molecular weight excluding hydrogens is 577 g/mol. The minimum atomic E-state index is 0.927. The predicted octanol–water partition coefficient (Wildman–Crippen LogP) is 11.1. The molecule has 0 amide bonds. The molecule has 0 radical (unpaired) electrons. The van der Waals surface area contributed by atoms with Gasteiger partial charge in [-0.15, -0.1) is 0 Å². The van der Waals surface area contributed by atoms with E-state index in [9.17, 15) is 0 Å². The van der Waals surface area contributed by atoms with Crippen molar-refractivity contribution in [3.63, 3.8) is 0 Å². The molecule has 3 aliphatic rings. The number of nitrogens with zero attached hydrogens (tertiary/aromatic N) is 4. The lowest BCUT2D eigenvalue weighted by molar-refractivity contribution is 1.16. The van der Waals surface area contributed by atoms with Crippen LogP contribution in [-0.2, 0) is 0 Å². The topological polar surface area (TPSA) is 32.3 Å². The third kappa shape index (κ3) is 3.32. The molecule has 0 fully saturated rings. The van der Waals surface area contributed by atoms with Crippen LogP contribution in [-0.4, -0.2) is 9.97 Å². The van der Waals surface area contributed by atoms with E-state index in [4.69, 9.17) is 9.97 Å². The van der Waals surface area contributed by atoms with Crippen LogP contribution in [0, 0.1) is 0 Å². The maximum Gasteiger partial charge on any atom is 0.0993 e. The van der Waals surface area contributed by atoms with Crippen molar-refractivity contribution >= 4 is 68.4 Å². The Labute approximate surface area is 263 Å². The summed E-state index contributed by atoms with van der Waals surface area (Å²) < 4.78 is 0. The SMILES string of the molecule is c1ccc2c(c1)Sc1ccccc1N2c1ccc2ccc(N3c4ccccc4Sc4ccccc43)c3c2c1-c1nccnc1-3. The van der Waals surface area contributed by atoms with Crippen LogP contribution in [0.25, 0.3) is 33.3 Å². The first-order valence-corrected chi connectivity index (χ1v) is 16.2. The summed E-state index contributed by atoms with van der Waals surface area (Å²) in [6.07, 6.45) is 3.65. The highest BCUT2D eigenvalue weighted by molar-refractivity contribution is 8.00. The molecule has 1 aliphatic carbocycles. The van der Waals surface area contributed by atoms with Crippen molar-refractivity contribution in [1.82, 2.24) is 9.97 Å². The zero-order valence-corrected chi connectivity index (χ0v) is 24.9. The molecule has 0 saturated carbocycles. The van der Waals surface area contributed by atoms with E-state index in [0.29, 0.717) is 0 Å². The van der Waals surface area contributed by atoms with Crippen LogP contribution >= 0.6 is 23.5 Å². The van der Waals surface area contributed by atoms with Crippen LogP contribution in [0.3, 0.4) is 0 Å². The van der Waals surface area contributed by atoms with Gasteiger partial charge in [0.25, 0.3) is 0 Å². The van der Waals surface area contributed by atoms with Crippen molar-refractivity contribution in [3.05, 3.63) is 134 Å². The maximum absolute atomic E-state index is 5.02. The minimum absolute atomic E-state index is 0.927. The van der Waals surface area contributed by atoms with Gasteiger partial charge in [-0.2, -0.15) is 0 Å².